The van der Waals surface area contributed by atoms with E-state index in [4.69, 9.17) is 5.73 Å². The Hall–Kier alpha value is -1.36. The second-order valence-corrected chi connectivity index (χ2v) is 3.72. The van der Waals surface area contributed by atoms with Crippen molar-refractivity contribution >= 4 is 11.8 Å². The van der Waals surface area contributed by atoms with E-state index in [1.165, 1.54) is 6.08 Å². The first-order chi connectivity index (χ1) is 7.09. The Labute approximate surface area is 89.3 Å². The molecule has 1 aliphatic heterocycles. The second-order valence-electron chi connectivity index (χ2n) is 3.72. The molecule has 0 aromatic rings. The normalized spacial score (nSPS) is 22.3. The first kappa shape index (κ1) is 11.7. The summed E-state index contributed by atoms with van der Waals surface area (Å²) in [6.45, 7) is 1.36. The third kappa shape index (κ3) is 4.12. The van der Waals surface area contributed by atoms with Gasteiger partial charge in [0.05, 0.1) is 0 Å². The van der Waals surface area contributed by atoms with Crippen LogP contribution >= 0.6 is 0 Å². The Morgan fingerprint density at radius 2 is 2.47 bits per heavy atom. The van der Waals surface area contributed by atoms with Gasteiger partial charge in [-0.05, 0) is 12.5 Å². The average molecular weight is 211 g/mol. The molecule has 15 heavy (non-hydrogen) atoms. The molecule has 1 heterocycles. The van der Waals surface area contributed by atoms with Crippen LogP contribution in [0.5, 0.6) is 0 Å². The van der Waals surface area contributed by atoms with Crippen molar-refractivity contribution in [2.75, 3.05) is 20.1 Å². The van der Waals surface area contributed by atoms with Crippen LogP contribution < -0.4 is 11.1 Å². The predicted octanol–water partition coefficient (Wildman–Crippen LogP) is -0.762. The van der Waals surface area contributed by atoms with E-state index < -0.39 is 5.91 Å². The van der Waals surface area contributed by atoms with Crippen LogP contribution in [0.25, 0.3) is 0 Å². The summed E-state index contributed by atoms with van der Waals surface area (Å²) in [5.74, 6) is -0.283. The zero-order valence-corrected chi connectivity index (χ0v) is 8.90. The third-order valence-corrected chi connectivity index (χ3v) is 2.47. The molecule has 0 aliphatic carbocycles. The Bertz CT molecular complexity index is 276. The molecule has 0 radical (unpaired) electrons. The number of carbonyl (C=O) groups excluding carboxylic acids is 2. The van der Waals surface area contributed by atoms with Crippen molar-refractivity contribution in [3.05, 3.63) is 12.2 Å². The van der Waals surface area contributed by atoms with Gasteiger partial charge >= 0.3 is 0 Å². The smallest absolute Gasteiger partial charge is 0.241 e. The molecule has 5 nitrogen and oxygen atoms in total. The fraction of sp³-hybridized carbons (Fsp3) is 0.600. The van der Waals surface area contributed by atoms with Gasteiger partial charge in [0.25, 0.3) is 0 Å². The Kier molecular flexibility index (Phi) is 4.30. The molecule has 3 N–H and O–H groups in total. The molecule has 0 aromatic carbocycles. The van der Waals surface area contributed by atoms with Gasteiger partial charge in [0.15, 0.2) is 0 Å². The minimum absolute atomic E-state index is 0.164. The molecule has 0 spiro atoms. The van der Waals surface area contributed by atoms with E-state index in [1.807, 2.05) is 7.05 Å². The minimum Gasteiger partial charge on any atom is -0.366 e. The SMILES string of the molecule is CN1CCC(NCC=CC(N)=O)CC1=O. The van der Waals surface area contributed by atoms with Crippen LogP contribution in [0.1, 0.15) is 12.8 Å². The maximum absolute atomic E-state index is 11.3. The zero-order valence-electron chi connectivity index (χ0n) is 8.90. The van der Waals surface area contributed by atoms with Gasteiger partial charge in [0.1, 0.15) is 0 Å². The molecule has 0 saturated carbocycles. The lowest BCUT2D eigenvalue weighted by atomic mass is 10.1. The van der Waals surface area contributed by atoms with E-state index >= 15 is 0 Å². The Morgan fingerprint density at radius 3 is 3.07 bits per heavy atom. The van der Waals surface area contributed by atoms with Crippen LogP contribution in [-0.2, 0) is 9.59 Å². The molecule has 1 saturated heterocycles. The zero-order chi connectivity index (χ0) is 11.3. The van der Waals surface area contributed by atoms with E-state index in [-0.39, 0.29) is 11.9 Å². The van der Waals surface area contributed by atoms with Crippen molar-refractivity contribution in [1.82, 2.24) is 10.2 Å². The van der Waals surface area contributed by atoms with E-state index in [0.29, 0.717) is 13.0 Å². The van der Waals surface area contributed by atoms with Crippen molar-refractivity contribution in [3.8, 4) is 0 Å². The van der Waals surface area contributed by atoms with Crippen LogP contribution in [-0.4, -0.2) is 42.9 Å². The second kappa shape index (κ2) is 5.50. The van der Waals surface area contributed by atoms with Crippen molar-refractivity contribution in [2.24, 2.45) is 5.73 Å². The van der Waals surface area contributed by atoms with Crippen molar-refractivity contribution < 1.29 is 9.59 Å². The number of hydrogen-bond acceptors (Lipinski definition) is 3. The van der Waals surface area contributed by atoms with Crippen LogP contribution in [0.2, 0.25) is 0 Å². The summed E-state index contributed by atoms with van der Waals surface area (Å²) in [4.78, 5) is 23.5. The minimum atomic E-state index is -0.448. The van der Waals surface area contributed by atoms with Crippen molar-refractivity contribution in [3.63, 3.8) is 0 Å². The largest absolute Gasteiger partial charge is 0.366 e. The highest BCUT2D eigenvalue weighted by Crippen LogP contribution is 2.09. The summed E-state index contributed by atoms with van der Waals surface area (Å²) in [6, 6.07) is 0.214. The van der Waals surface area contributed by atoms with E-state index in [0.717, 1.165) is 13.0 Å². The maximum atomic E-state index is 11.3. The summed E-state index contributed by atoms with van der Waals surface area (Å²) >= 11 is 0. The van der Waals surface area contributed by atoms with Crippen LogP contribution in [0, 0.1) is 0 Å². The summed E-state index contributed by atoms with van der Waals surface area (Å²) < 4.78 is 0. The van der Waals surface area contributed by atoms with Gasteiger partial charge in [-0.25, -0.2) is 0 Å². The topological polar surface area (TPSA) is 75.4 Å². The molecule has 1 rings (SSSR count). The number of nitrogens with zero attached hydrogens (tertiary/aromatic N) is 1. The number of primary amides is 1. The summed E-state index contributed by atoms with van der Waals surface area (Å²) in [5.41, 5.74) is 4.94. The number of nitrogens with two attached hydrogens (primary N) is 1. The molecule has 0 aromatic heterocycles. The van der Waals surface area contributed by atoms with Gasteiger partial charge in [-0.15, -0.1) is 0 Å². The van der Waals surface area contributed by atoms with Gasteiger partial charge in [0, 0.05) is 32.6 Å². The Morgan fingerprint density at radius 1 is 1.73 bits per heavy atom. The molecule has 2 amide bonds. The highest BCUT2D eigenvalue weighted by molar-refractivity contribution is 5.85. The van der Waals surface area contributed by atoms with Crippen molar-refractivity contribution in [1.29, 1.82) is 0 Å². The van der Waals surface area contributed by atoms with Crippen LogP contribution in [0.3, 0.4) is 0 Å². The molecule has 84 valence electrons. The summed E-state index contributed by atoms with van der Waals surface area (Å²) in [7, 11) is 1.81. The van der Waals surface area contributed by atoms with Gasteiger partial charge in [-0.3, -0.25) is 9.59 Å². The van der Waals surface area contributed by atoms with Gasteiger partial charge < -0.3 is 16.0 Å². The molecule has 5 heteroatoms. The number of nitrogens with one attached hydrogen (secondary N) is 1. The van der Waals surface area contributed by atoms with E-state index in [1.54, 1.807) is 11.0 Å². The lowest BCUT2D eigenvalue weighted by Crippen LogP contribution is -2.44. The predicted molar refractivity (Wildman–Crippen MR) is 57.0 cm³/mol. The summed E-state index contributed by atoms with van der Waals surface area (Å²) in [5, 5.41) is 3.19. The van der Waals surface area contributed by atoms with Crippen LogP contribution in [0.15, 0.2) is 12.2 Å². The molecule has 1 aliphatic rings. The maximum Gasteiger partial charge on any atom is 0.241 e. The molecule has 1 atom stereocenters. The number of carbonyl (C=O) groups is 2. The van der Waals surface area contributed by atoms with Crippen LogP contribution in [0.4, 0.5) is 0 Å². The monoisotopic (exact) mass is 211 g/mol. The standard InChI is InChI=1S/C10H17N3O2/c1-13-6-4-8(7-10(13)15)12-5-2-3-9(11)14/h2-3,8,12H,4-7H2,1H3,(H2,11,14). The Balaban J connectivity index is 2.23. The molecule has 1 fully saturated rings. The first-order valence-electron chi connectivity index (χ1n) is 5.03. The number of rotatable bonds is 4. The molecule has 0 bridgehead atoms. The number of hydrogen-bond donors (Lipinski definition) is 2. The molecular weight excluding hydrogens is 194 g/mol. The highest BCUT2D eigenvalue weighted by atomic mass is 16.2. The number of likely N-dealkylation sites (tertiary alicyclic amines) is 1. The van der Waals surface area contributed by atoms with E-state index in [2.05, 4.69) is 5.32 Å². The number of amides is 2. The highest BCUT2D eigenvalue weighted by Gasteiger charge is 2.21. The van der Waals surface area contributed by atoms with Gasteiger partial charge in [-0.1, -0.05) is 6.08 Å². The third-order valence-electron chi connectivity index (χ3n) is 2.47. The molecule has 1 unspecified atom stereocenters. The van der Waals surface area contributed by atoms with Gasteiger partial charge in [-0.2, -0.15) is 0 Å². The van der Waals surface area contributed by atoms with Crippen molar-refractivity contribution in [2.45, 2.75) is 18.9 Å². The first-order valence-corrected chi connectivity index (χ1v) is 5.03. The lowest BCUT2D eigenvalue weighted by Gasteiger charge is -2.29. The van der Waals surface area contributed by atoms with E-state index in [9.17, 15) is 9.59 Å². The fourth-order valence-corrected chi connectivity index (χ4v) is 1.53. The average Bonchev–Trinajstić information content (AvgIpc) is 2.18. The van der Waals surface area contributed by atoms with Gasteiger partial charge in [0.2, 0.25) is 11.8 Å². The molecular formula is C10H17N3O2. The lowest BCUT2D eigenvalue weighted by molar-refractivity contribution is -0.132. The summed E-state index contributed by atoms with van der Waals surface area (Å²) in [6.07, 6.45) is 4.47. The quantitative estimate of drug-likeness (QED) is 0.600. The fourth-order valence-electron chi connectivity index (χ4n) is 1.53. The number of piperidine rings is 1.